The minimum Gasteiger partial charge on any atom is -0.380 e. The average molecular weight is 215 g/mol. The molecule has 0 saturated heterocycles. The van der Waals surface area contributed by atoms with Gasteiger partial charge in [-0.3, -0.25) is 0 Å². The minimum absolute atomic E-state index is 0.366. The fraction of sp³-hybridized carbons (Fsp3) is 1.00. The monoisotopic (exact) mass is 215 g/mol. The summed E-state index contributed by atoms with van der Waals surface area (Å²) in [6.45, 7) is 9.97. The Morgan fingerprint density at radius 2 is 1.60 bits per heavy atom. The van der Waals surface area contributed by atoms with E-state index in [0.29, 0.717) is 12.1 Å². The molecule has 0 aliphatic rings. The highest BCUT2D eigenvalue weighted by Crippen LogP contribution is 2.19. The molecule has 2 unspecified atom stereocenters. The van der Waals surface area contributed by atoms with Crippen LogP contribution in [0.25, 0.3) is 0 Å². The molecular formula is C13H29NO. The van der Waals surface area contributed by atoms with Gasteiger partial charge in [0.1, 0.15) is 0 Å². The molecule has 2 atom stereocenters. The number of ether oxygens (including phenoxy) is 1. The Hall–Kier alpha value is -0.0800. The van der Waals surface area contributed by atoms with Gasteiger partial charge in [0.2, 0.25) is 0 Å². The van der Waals surface area contributed by atoms with E-state index in [1.165, 1.54) is 19.3 Å². The zero-order chi connectivity index (χ0) is 11.7. The first kappa shape index (κ1) is 14.9. The lowest BCUT2D eigenvalue weighted by molar-refractivity contribution is 0.0567. The summed E-state index contributed by atoms with van der Waals surface area (Å²) in [6.07, 6.45) is 5.25. The lowest BCUT2D eigenvalue weighted by atomic mass is 9.91. The van der Waals surface area contributed by atoms with E-state index in [2.05, 4.69) is 33.0 Å². The molecule has 0 aliphatic heterocycles. The number of methoxy groups -OCH3 is 1. The van der Waals surface area contributed by atoms with Crippen LogP contribution in [0, 0.1) is 5.92 Å². The van der Waals surface area contributed by atoms with Crippen LogP contribution in [0.2, 0.25) is 0 Å². The van der Waals surface area contributed by atoms with E-state index < -0.39 is 0 Å². The predicted octanol–water partition coefficient (Wildman–Crippen LogP) is 3.22. The van der Waals surface area contributed by atoms with Gasteiger partial charge in [0, 0.05) is 13.2 Å². The van der Waals surface area contributed by atoms with E-state index in [4.69, 9.17) is 4.74 Å². The van der Waals surface area contributed by atoms with Crippen molar-refractivity contribution in [2.45, 2.75) is 65.5 Å². The third-order valence-corrected chi connectivity index (χ3v) is 3.36. The molecule has 0 amide bonds. The van der Waals surface area contributed by atoms with E-state index in [9.17, 15) is 0 Å². The number of rotatable bonds is 9. The second kappa shape index (κ2) is 9.17. The van der Waals surface area contributed by atoms with Gasteiger partial charge in [-0.2, -0.15) is 0 Å². The first-order valence-electron chi connectivity index (χ1n) is 6.49. The topological polar surface area (TPSA) is 21.3 Å². The van der Waals surface area contributed by atoms with E-state index >= 15 is 0 Å². The van der Waals surface area contributed by atoms with Gasteiger partial charge in [0.15, 0.2) is 0 Å². The van der Waals surface area contributed by atoms with Gasteiger partial charge in [0.05, 0.1) is 6.10 Å². The highest BCUT2D eigenvalue weighted by atomic mass is 16.5. The maximum absolute atomic E-state index is 5.54. The number of nitrogens with one attached hydrogen (secondary N) is 1. The molecule has 15 heavy (non-hydrogen) atoms. The predicted molar refractivity (Wildman–Crippen MR) is 67.2 cm³/mol. The van der Waals surface area contributed by atoms with Crippen molar-refractivity contribution in [2.24, 2.45) is 5.92 Å². The van der Waals surface area contributed by atoms with E-state index in [0.717, 1.165) is 18.9 Å². The zero-order valence-corrected chi connectivity index (χ0v) is 11.2. The van der Waals surface area contributed by atoms with Gasteiger partial charge >= 0.3 is 0 Å². The van der Waals surface area contributed by atoms with Gasteiger partial charge in [-0.25, -0.2) is 0 Å². The van der Waals surface area contributed by atoms with Crippen LogP contribution in [0.5, 0.6) is 0 Å². The SMILES string of the molecule is CCNC(CC(CC)CC)C(CC)OC. The molecule has 0 aromatic rings. The Bertz CT molecular complexity index is 130. The normalized spacial score (nSPS) is 15.6. The van der Waals surface area contributed by atoms with E-state index in [1.807, 2.05) is 7.11 Å². The van der Waals surface area contributed by atoms with Crippen molar-refractivity contribution in [3.8, 4) is 0 Å². The Balaban J connectivity index is 4.22. The van der Waals surface area contributed by atoms with Crippen molar-refractivity contribution in [2.75, 3.05) is 13.7 Å². The average Bonchev–Trinajstić information content (AvgIpc) is 2.27. The summed E-state index contributed by atoms with van der Waals surface area (Å²) < 4.78 is 5.54. The summed E-state index contributed by atoms with van der Waals surface area (Å²) in [5, 5.41) is 3.56. The Labute approximate surface area is 95.8 Å². The number of hydrogen-bond donors (Lipinski definition) is 1. The minimum atomic E-state index is 0.366. The first-order valence-corrected chi connectivity index (χ1v) is 6.49. The zero-order valence-electron chi connectivity index (χ0n) is 11.2. The van der Waals surface area contributed by atoms with Crippen LogP contribution in [0.3, 0.4) is 0 Å². The van der Waals surface area contributed by atoms with Crippen LogP contribution >= 0.6 is 0 Å². The third-order valence-electron chi connectivity index (χ3n) is 3.36. The first-order chi connectivity index (χ1) is 7.23. The summed E-state index contributed by atoms with van der Waals surface area (Å²) in [7, 11) is 1.82. The summed E-state index contributed by atoms with van der Waals surface area (Å²) in [5.41, 5.74) is 0. The molecule has 2 nitrogen and oxygen atoms in total. The molecule has 0 spiro atoms. The molecule has 0 heterocycles. The molecule has 2 heteroatoms. The molecule has 0 radical (unpaired) electrons. The van der Waals surface area contributed by atoms with Gasteiger partial charge < -0.3 is 10.1 Å². The summed E-state index contributed by atoms with van der Waals surface area (Å²) in [6, 6.07) is 0.523. The van der Waals surface area contributed by atoms with Crippen molar-refractivity contribution >= 4 is 0 Å². The third kappa shape index (κ3) is 5.53. The van der Waals surface area contributed by atoms with Crippen molar-refractivity contribution in [1.29, 1.82) is 0 Å². The van der Waals surface area contributed by atoms with Crippen LogP contribution in [0.4, 0.5) is 0 Å². The second-order valence-corrected chi connectivity index (χ2v) is 4.26. The Morgan fingerprint density at radius 1 is 1.00 bits per heavy atom. The Kier molecular flexibility index (Phi) is 9.12. The van der Waals surface area contributed by atoms with Crippen molar-refractivity contribution in [3.05, 3.63) is 0 Å². The quantitative estimate of drug-likeness (QED) is 0.637. The molecule has 0 rings (SSSR count). The second-order valence-electron chi connectivity index (χ2n) is 4.26. The lowest BCUT2D eigenvalue weighted by Crippen LogP contribution is -2.41. The number of hydrogen-bond acceptors (Lipinski definition) is 2. The van der Waals surface area contributed by atoms with Gasteiger partial charge in [-0.1, -0.05) is 40.5 Å². The molecule has 0 bridgehead atoms. The summed E-state index contributed by atoms with van der Waals surface area (Å²) >= 11 is 0. The van der Waals surface area contributed by atoms with Gasteiger partial charge in [0.25, 0.3) is 0 Å². The van der Waals surface area contributed by atoms with E-state index in [1.54, 1.807) is 0 Å². The molecular weight excluding hydrogens is 186 g/mol. The van der Waals surface area contributed by atoms with Crippen LogP contribution in [0.15, 0.2) is 0 Å². The molecule has 0 aromatic heterocycles. The largest absolute Gasteiger partial charge is 0.380 e. The molecule has 0 aliphatic carbocycles. The lowest BCUT2D eigenvalue weighted by Gasteiger charge is -2.29. The fourth-order valence-corrected chi connectivity index (χ4v) is 2.23. The highest BCUT2D eigenvalue weighted by Gasteiger charge is 2.21. The molecule has 1 N–H and O–H groups in total. The van der Waals surface area contributed by atoms with Gasteiger partial charge in [-0.15, -0.1) is 0 Å². The standard InChI is InChI=1S/C13H29NO/c1-6-11(7-2)10-12(14-9-4)13(8-3)15-5/h11-14H,6-10H2,1-5H3. The number of likely N-dealkylation sites (N-methyl/N-ethyl adjacent to an activating group) is 1. The molecule has 92 valence electrons. The van der Waals surface area contributed by atoms with Crippen LogP contribution < -0.4 is 5.32 Å². The van der Waals surface area contributed by atoms with E-state index in [-0.39, 0.29) is 0 Å². The molecule has 0 aromatic carbocycles. The summed E-state index contributed by atoms with van der Waals surface area (Å²) in [5.74, 6) is 0.832. The maximum Gasteiger partial charge on any atom is 0.0721 e. The van der Waals surface area contributed by atoms with Crippen LogP contribution in [0.1, 0.15) is 53.4 Å². The van der Waals surface area contributed by atoms with Crippen molar-refractivity contribution in [3.63, 3.8) is 0 Å². The van der Waals surface area contributed by atoms with Crippen molar-refractivity contribution < 1.29 is 4.74 Å². The van der Waals surface area contributed by atoms with Crippen LogP contribution in [-0.4, -0.2) is 25.8 Å². The Morgan fingerprint density at radius 3 is 1.93 bits per heavy atom. The van der Waals surface area contributed by atoms with Crippen molar-refractivity contribution in [1.82, 2.24) is 5.32 Å². The molecule has 0 fully saturated rings. The summed E-state index contributed by atoms with van der Waals surface area (Å²) in [4.78, 5) is 0. The fourth-order valence-electron chi connectivity index (χ4n) is 2.23. The smallest absolute Gasteiger partial charge is 0.0721 e. The highest BCUT2D eigenvalue weighted by molar-refractivity contribution is 4.78. The van der Waals surface area contributed by atoms with Crippen LogP contribution in [-0.2, 0) is 4.74 Å². The van der Waals surface area contributed by atoms with Gasteiger partial charge in [-0.05, 0) is 25.3 Å². The maximum atomic E-state index is 5.54. The molecule has 0 saturated carbocycles.